The van der Waals surface area contributed by atoms with Crippen LogP contribution in [0.25, 0.3) is 10.9 Å². The maximum absolute atomic E-state index is 12.7. The molecule has 1 aliphatic rings. The molecule has 2 heterocycles. The number of unbranched alkanes of at least 4 members (excludes halogenated alkanes) is 1. The number of ether oxygens (including phenoxy) is 2. The van der Waals surface area contributed by atoms with E-state index in [1.54, 1.807) is 0 Å². The van der Waals surface area contributed by atoms with Crippen LogP contribution in [-0.4, -0.2) is 66.8 Å². The fraction of sp³-hybridized carbons (Fsp3) is 0.467. The monoisotopic (exact) mass is 535 g/mol. The SMILES string of the molecule is CC(C)(C)OC(=O)NCCc1c[nH]c2ccc(OCCCCC(=O)N3CCN(c4ccc(N)cc4)CC3)cc12. The van der Waals surface area contributed by atoms with Gasteiger partial charge in [0.2, 0.25) is 5.91 Å². The smallest absolute Gasteiger partial charge is 0.407 e. The Kier molecular flexibility index (Phi) is 9.22. The van der Waals surface area contributed by atoms with Gasteiger partial charge in [0, 0.05) is 67.6 Å². The van der Waals surface area contributed by atoms with Crippen LogP contribution in [0.3, 0.4) is 0 Å². The number of H-pyrrole nitrogens is 1. The van der Waals surface area contributed by atoms with Gasteiger partial charge in [0.05, 0.1) is 6.61 Å². The van der Waals surface area contributed by atoms with E-state index >= 15 is 0 Å². The molecule has 1 fully saturated rings. The van der Waals surface area contributed by atoms with Crippen LogP contribution in [0.4, 0.5) is 16.2 Å². The van der Waals surface area contributed by atoms with Crippen molar-refractivity contribution in [3.05, 3.63) is 54.2 Å². The highest BCUT2D eigenvalue weighted by molar-refractivity contribution is 5.84. The average molecular weight is 536 g/mol. The summed E-state index contributed by atoms with van der Waals surface area (Å²) in [5.74, 6) is 1.01. The summed E-state index contributed by atoms with van der Waals surface area (Å²) in [5, 5.41) is 3.88. The van der Waals surface area contributed by atoms with Crippen LogP contribution in [-0.2, 0) is 16.0 Å². The first-order valence-electron chi connectivity index (χ1n) is 13.8. The first-order chi connectivity index (χ1) is 18.7. The van der Waals surface area contributed by atoms with Crippen molar-refractivity contribution in [3.8, 4) is 5.75 Å². The summed E-state index contributed by atoms with van der Waals surface area (Å²) in [5.41, 5.74) is 9.31. The zero-order valence-electron chi connectivity index (χ0n) is 23.3. The van der Waals surface area contributed by atoms with Gasteiger partial charge in [0.25, 0.3) is 0 Å². The molecular weight excluding hydrogens is 494 g/mol. The van der Waals surface area contributed by atoms with E-state index in [0.717, 1.165) is 72.6 Å². The van der Waals surface area contributed by atoms with Gasteiger partial charge in [-0.2, -0.15) is 0 Å². The van der Waals surface area contributed by atoms with Gasteiger partial charge < -0.3 is 35.3 Å². The number of nitrogen functional groups attached to an aromatic ring is 1. The Bertz CT molecular complexity index is 1240. The van der Waals surface area contributed by atoms with Crippen molar-refractivity contribution < 1.29 is 19.1 Å². The summed E-state index contributed by atoms with van der Waals surface area (Å²) in [6.45, 7) is 9.73. The zero-order valence-corrected chi connectivity index (χ0v) is 23.3. The van der Waals surface area contributed by atoms with Gasteiger partial charge >= 0.3 is 6.09 Å². The Morgan fingerprint density at radius 1 is 1.03 bits per heavy atom. The van der Waals surface area contributed by atoms with E-state index in [1.165, 1.54) is 0 Å². The molecule has 0 saturated carbocycles. The van der Waals surface area contributed by atoms with Gasteiger partial charge in [-0.15, -0.1) is 0 Å². The Balaban J connectivity index is 1.15. The van der Waals surface area contributed by atoms with Gasteiger partial charge in [0.1, 0.15) is 11.4 Å². The number of carbonyl (C=O) groups excluding carboxylic acids is 2. The van der Waals surface area contributed by atoms with E-state index in [1.807, 2.05) is 74.3 Å². The first kappa shape index (κ1) is 28.1. The third-order valence-electron chi connectivity index (χ3n) is 6.75. The van der Waals surface area contributed by atoms with Crippen molar-refractivity contribution in [1.82, 2.24) is 15.2 Å². The number of nitrogens with two attached hydrogens (primary N) is 1. The topological polar surface area (TPSA) is 113 Å². The van der Waals surface area contributed by atoms with E-state index in [0.29, 0.717) is 26.0 Å². The average Bonchev–Trinajstić information content (AvgIpc) is 3.30. The molecule has 2 amide bonds. The number of anilines is 2. The number of hydrogen-bond acceptors (Lipinski definition) is 6. The molecule has 4 N–H and O–H groups in total. The maximum atomic E-state index is 12.7. The number of hydrogen-bond donors (Lipinski definition) is 3. The number of nitrogens with one attached hydrogen (secondary N) is 2. The molecular formula is C30H41N5O4. The second kappa shape index (κ2) is 12.8. The lowest BCUT2D eigenvalue weighted by molar-refractivity contribution is -0.131. The number of fused-ring (bicyclic) bond motifs is 1. The van der Waals surface area contributed by atoms with Gasteiger partial charge in [-0.3, -0.25) is 4.79 Å². The minimum atomic E-state index is -0.515. The quantitative estimate of drug-likeness (QED) is 0.256. The molecule has 0 spiro atoms. The van der Waals surface area contributed by atoms with Crippen LogP contribution in [0.2, 0.25) is 0 Å². The molecule has 0 atom stereocenters. The van der Waals surface area contributed by atoms with E-state index in [4.69, 9.17) is 15.2 Å². The van der Waals surface area contributed by atoms with Gasteiger partial charge in [-0.25, -0.2) is 4.79 Å². The van der Waals surface area contributed by atoms with Gasteiger partial charge in [-0.05, 0) is 88.1 Å². The molecule has 0 bridgehead atoms. The summed E-state index contributed by atoms with van der Waals surface area (Å²) >= 11 is 0. The highest BCUT2D eigenvalue weighted by Gasteiger charge is 2.21. The number of nitrogens with zero attached hydrogens (tertiary/aromatic N) is 2. The minimum Gasteiger partial charge on any atom is -0.494 e. The first-order valence-corrected chi connectivity index (χ1v) is 13.8. The second-order valence-electron chi connectivity index (χ2n) is 11.0. The highest BCUT2D eigenvalue weighted by atomic mass is 16.6. The molecule has 4 rings (SSSR count). The maximum Gasteiger partial charge on any atom is 0.407 e. The standard InChI is InChI=1S/C30H41N5O4/c1-30(2,3)39-29(37)32-14-13-22-21-33-27-12-11-25(20-26(22)27)38-19-5-4-6-28(36)35-17-15-34(16-18-35)24-9-7-23(31)8-10-24/h7-12,20-21,33H,4-6,13-19,31H2,1-3H3,(H,32,37). The molecule has 0 radical (unpaired) electrons. The second-order valence-corrected chi connectivity index (χ2v) is 11.0. The molecule has 210 valence electrons. The number of carbonyl (C=O) groups is 2. The van der Waals surface area contributed by atoms with E-state index in [-0.39, 0.29) is 5.91 Å². The van der Waals surface area contributed by atoms with Crippen LogP contribution < -0.4 is 20.7 Å². The number of benzene rings is 2. The molecule has 0 aliphatic carbocycles. The number of rotatable bonds is 10. The van der Waals surface area contributed by atoms with Gasteiger partial charge in [-0.1, -0.05) is 0 Å². The predicted octanol–water partition coefficient (Wildman–Crippen LogP) is 4.72. The molecule has 39 heavy (non-hydrogen) atoms. The van der Waals surface area contributed by atoms with Gasteiger partial charge in [0.15, 0.2) is 0 Å². The fourth-order valence-corrected chi connectivity index (χ4v) is 4.69. The van der Waals surface area contributed by atoms with Crippen LogP contribution in [0.1, 0.15) is 45.6 Å². The van der Waals surface area contributed by atoms with Crippen molar-refractivity contribution in [2.45, 2.75) is 52.1 Å². The van der Waals surface area contributed by atoms with Crippen molar-refractivity contribution >= 4 is 34.3 Å². The highest BCUT2D eigenvalue weighted by Crippen LogP contribution is 2.24. The summed E-state index contributed by atoms with van der Waals surface area (Å²) < 4.78 is 11.3. The Labute approximate surface area is 230 Å². The van der Waals surface area contributed by atoms with E-state index in [2.05, 4.69) is 15.2 Å². The van der Waals surface area contributed by atoms with Crippen LogP contribution >= 0.6 is 0 Å². The molecule has 0 unspecified atom stereocenters. The number of piperazine rings is 1. The van der Waals surface area contributed by atoms with Crippen LogP contribution in [0.15, 0.2) is 48.7 Å². The lowest BCUT2D eigenvalue weighted by Gasteiger charge is -2.36. The van der Waals surface area contributed by atoms with Crippen LogP contribution in [0.5, 0.6) is 5.75 Å². The molecule has 2 aromatic carbocycles. The van der Waals surface area contributed by atoms with Crippen LogP contribution in [0, 0.1) is 0 Å². The third kappa shape index (κ3) is 8.30. The normalized spacial score (nSPS) is 13.9. The minimum absolute atomic E-state index is 0.213. The van der Waals surface area contributed by atoms with Crippen molar-refractivity contribution in [2.24, 2.45) is 0 Å². The molecule has 9 nitrogen and oxygen atoms in total. The summed E-state index contributed by atoms with van der Waals surface area (Å²) in [6, 6.07) is 13.9. The Morgan fingerprint density at radius 3 is 2.49 bits per heavy atom. The largest absolute Gasteiger partial charge is 0.494 e. The zero-order chi connectivity index (χ0) is 27.8. The third-order valence-corrected chi connectivity index (χ3v) is 6.75. The van der Waals surface area contributed by atoms with Crippen molar-refractivity contribution in [2.75, 3.05) is 50.0 Å². The lowest BCUT2D eigenvalue weighted by Crippen LogP contribution is -2.48. The van der Waals surface area contributed by atoms with E-state index < -0.39 is 11.7 Å². The molecule has 1 aliphatic heterocycles. The molecule has 9 heteroatoms. The molecule has 1 aromatic heterocycles. The number of aromatic nitrogens is 1. The van der Waals surface area contributed by atoms with E-state index in [9.17, 15) is 9.59 Å². The Hall–Kier alpha value is -3.88. The number of amides is 2. The van der Waals surface area contributed by atoms with Crippen molar-refractivity contribution in [3.63, 3.8) is 0 Å². The Morgan fingerprint density at radius 2 is 1.77 bits per heavy atom. The summed E-state index contributed by atoms with van der Waals surface area (Å²) in [6.07, 6.45) is 4.38. The molecule has 3 aromatic rings. The number of alkyl carbamates (subject to hydrolysis) is 1. The number of aromatic amines is 1. The van der Waals surface area contributed by atoms with Crippen molar-refractivity contribution in [1.29, 1.82) is 0 Å². The predicted molar refractivity (Wildman–Crippen MR) is 155 cm³/mol. The fourth-order valence-electron chi connectivity index (χ4n) is 4.69. The molecule has 1 saturated heterocycles. The summed E-state index contributed by atoms with van der Waals surface area (Å²) in [4.78, 5) is 32.1. The summed E-state index contributed by atoms with van der Waals surface area (Å²) in [7, 11) is 0. The lowest BCUT2D eigenvalue weighted by atomic mass is 10.1.